The van der Waals surface area contributed by atoms with E-state index in [1.807, 2.05) is 11.8 Å². The lowest BCUT2D eigenvalue weighted by Crippen LogP contribution is -2.25. The first-order valence-corrected chi connectivity index (χ1v) is 8.65. The number of benzene rings is 1. The smallest absolute Gasteiger partial charge is 0.313 e. The van der Waals surface area contributed by atoms with Gasteiger partial charge in [0, 0.05) is 15.4 Å². The Balaban J connectivity index is 1.99. The first kappa shape index (κ1) is 14.8. The van der Waals surface area contributed by atoms with Gasteiger partial charge in [0.15, 0.2) is 0 Å². The van der Waals surface area contributed by atoms with Crippen molar-refractivity contribution in [3.05, 3.63) is 29.8 Å². The van der Waals surface area contributed by atoms with Crippen LogP contribution in [0.15, 0.2) is 29.2 Å². The van der Waals surface area contributed by atoms with Gasteiger partial charge in [-0.15, -0.1) is 23.5 Å². The molecular weight excluding hydrogens is 276 g/mol. The number of thioether (sulfide) groups is 2. The molecule has 1 aromatic carbocycles. The molecule has 0 unspecified atom stereocenters. The van der Waals surface area contributed by atoms with Crippen LogP contribution in [0.3, 0.4) is 0 Å². The molecular formula is C15H20O2S2. The van der Waals surface area contributed by atoms with Gasteiger partial charge < -0.3 is 5.11 Å². The van der Waals surface area contributed by atoms with Gasteiger partial charge in [0.1, 0.15) is 0 Å². The molecule has 1 aliphatic carbocycles. The Bertz CT molecular complexity index is 434. The lowest BCUT2D eigenvalue weighted by molar-refractivity contribution is -0.133. The molecule has 0 aliphatic heterocycles. The van der Waals surface area contributed by atoms with E-state index >= 15 is 0 Å². The number of aliphatic carboxylic acids is 1. The van der Waals surface area contributed by atoms with Gasteiger partial charge in [0.2, 0.25) is 0 Å². The Morgan fingerprint density at radius 3 is 2.63 bits per heavy atom. The molecule has 1 fully saturated rings. The standard InChI is InChI=1S/C15H20O2S2/c1-11-6-2-3-7-12(11)19-14-9-5-4-8-13(14)18-10-15(16)17/h2-3,6-7,13-14H,4-5,8-10H2,1H3,(H,16,17)/t13-,14-/m1/s1. The summed E-state index contributed by atoms with van der Waals surface area (Å²) >= 11 is 3.56. The maximum absolute atomic E-state index is 10.7. The zero-order valence-electron chi connectivity index (χ0n) is 11.2. The highest BCUT2D eigenvalue weighted by atomic mass is 32.2. The maximum atomic E-state index is 10.7. The van der Waals surface area contributed by atoms with E-state index in [-0.39, 0.29) is 5.75 Å². The highest BCUT2D eigenvalue weighted by Gasteiger charge is 2.27. The summed E-state index contributed by atoms with van der Waals surface area (Å²) in [6.07, 6.45) is 4.87. The van der Waals surface area contributed by atoms with Crippen LogP contribution in [0.2, 0.25) is 0 Å². The normalized spacial score (nSPS) is 23.2. The predicted molar refractivity (Wildman–Crippen MR) is 83.2 cm³/mol. The van der Waals surface area contributed by atoms with Gasteiger partial charge in [0.25, 0.3) is 0 Å². The SMILES string of the molecule is Cc1ccccc1S[C@@H]1CCCC[C@H]1SCC(=O)O. The summed E-state index contributed by atoms with van der Waals surface area (Å²) in [6.45, 7) is 2.14. The van der Waals surface area contributed by atoms with Crippen molar-refractivity contribution in [1.29, 1.82) is 0 Å². The number of carbonyl (C=O) groups is 1. The fraction of sp³-hybridized carbons (Fsp3) is 0.533. The molecule has 0 amide bonds. The van der Waals surface area contributed by atoms with Crippen molar-refractivity contribution >= 4 is 29.5 Å². The number of carboxylic acid groups (broad SMARTS) is 1. The van der Waals surface area contributed by atoms with Crippen molar-refractivity contribution in [2.75, 3.05) is 5.75 Å². The Kier molecular flexibility index (Phi) is 5.64. The number of hydrogen-bond acceptors (Lipinski definition) is 3. The Hall–Kier alpha value is -0.610. The first-order chi connectivity index (χ1) is 9.16. The average Bonchev–Trinajstić information content (AvgIpc) is 2.40. The number of hydrogen-bond donors (Lipinski definition) is 1. The highest BCUT2D eigenvalue weighted by molar-refractivity contribution is 8.04. The highest BCUT2D eigenvalue weighted by Crippen LogP contribution is 2.40. The average molecular weight is 296 g/mol. The van der Waals surface area contributed by atoms with Crippen LogP contribution >= 0.6 is 23.5 Å². The third-order valence-corrected chi connectivity index (χ3v) is 6.59. The van der Waals surface area contributed by atoms with E-state index in [2.05, 4.69) is 31.2 Å². The topological polar surface area (TPSA) is 37.3 Å². The van der Waals surface area contributed by atoms with Gasteiger partial charge in [-0.1, -0.05) is 31.0 Å². The molecule has 0 heterocycles. The fourth-order valence-electron chi connectivity index (χ4n) is 2.42. The molecule has 1 saturated carbocycles. The zero-order chi connectivity index (χ0) is 13.7. The lowest BCUT2D eigenvalue weighted by atomic mass is 10.00. The van der Waals surface area contributed by atoms with Crippen molar-refractivity contribution in [1.82, 2.24) is 0 Å². The molecule has 0 saturated heterocycles. The van der Waals surface area contributed by atoms with E-state index in [0.717, 1.165) is 6.42 Å². The Labute approximate surface area is 123 Å². The molecule has 104 valence electrons. The van der Waals surface area contributed by atoms with Gasteiger partial charge in [-0.25, -0.2) is 0 Å². The van der Waals surface area contributed by atoms with Crippen LogP contribution in [-0.4, -0.2) is 27.3 Å². The lowest BCUT2D eigenvalue weighted by Gasteiger charge is -2.30. The van der Waals surface area contributed by atoms with Crippen LogP contribution in [0.5, 0.6) is 0 Å². The van der Waals surface area contributed by atoms with E-state index in [9.17, 15) is 4.79 Å². The molecule has 1 N–H and O–H groups in total. The van der Waals surface area contributed by atoms with Crippen LogP contribution in [0, 0.1) is 6.92 Å². The predicted octanol–water partition coefficient (Wildman–Crippen LogP) is 4.22. The third-order valence-electron chi connectivity index (χ3n) is 3.43. The van der Waals surface area contributed by atoms with Crippen molar-refractivity contribution in [2.24, 2.45) is 0 Å². The zero-order valence-corrected chi connectivity index (χ0v) is 12.8. The summed E-state index contributed by atoms with van der Waals surface area (Å²) in [5, 5.41) is 9.87. The van der Waals surface area contributed by atoms with Gasteiger partial charge in [-0.05, 0) is 31.4 Å². The third kappa shape index (κ3) is 4.46. The van der Waals surface area contributed by atoms with Crippen LogP contribution < -0.4 is 0 Å². The van der Waals surface area contributed by atoms with Crippen LogP contribution in [0.4, 0.5) is 0 Å². The van der Waals surface area contributed by atoms with Crippen LogP contribution in [-0.2, 0) is 4.79 Å². The number of carboxylic acids is 1. The molecule has 0 spiro atoms. The molecule has 0 radical (unpaired) electrons. The van der Waals surface area contributed by atoms with Gasteiger partial charge in [0.05, 0.1) is 5.75 Å². The van der Waals surface area contributed by atoms with Gasteiger partial charge >= 0.3 is 5.97 Å². The Morgan fingerprint density at radius 1 is 1.26 bits per heavy atom. The van der Waals surface area contributed by atoms with Crippen molar-refractivity contribution in [3.63, 3.8) is 0 Å². The van der Waals surface area contributed by atoms with Gasteiger partial charge in [-0.3, -0.25) is 4.79 Å². The van der Waals surface area contributed by atoms with Crippen molar-refractivity contribution < 1.29 is 9.90 Å². The molecule has 2 rings (SSSR count). The van der Waals surface area contributed by atoms with Crippen molar-refractivity contribution in [2.45, 2.75) is 48.0 Å². The molecule has 2 nitrogen and oxygen atoms in total. The summed E-state index contributed by atoms with van der Waals surface area (Å²) in [4.78, 5) is 12.1. The second-order valence-electron chi connectivity index (χ2n) is 4.95. The minimum Gasteiger partial charge on any atom is -0.481 e. The second kappa shape index (κ2) is 7.25. The maximum Gasteiger partial charge on any atom is 0.313 e. The minimum absolute atomic E-state index is 0.232. The van der Waals surface area contributed by atoms with E-state index in [4.69, 9.17) is 5.11 Å². The first-order valence-electron chi connectivity index (χ1n) is 6.72. The summed E-state index contributed by atoms with van der Waals surface area (Å²) in [7, 11) is 0. The largest absolute Gasteiger partial charge is 0.481 e. The molecule has 4 heteroatoms. The van der Waals surface area contributed by atoms with E-state index in [1.54, 1.807) is 11.8 Å². The monoisotopic (exact) mass is 296 g/mol. The molecule has 1 aliphatic rings. The second-order valence-corrected chi connectivity index (χ2v) is 7.46. The Morgan fingerprint density at radius 2 is 1.95 bits per heavy atom. The molecule has 2 atom stereocenters. The fourth-order valence-corrected chi connectivity index (χ4v) is 5.17. The van der Waals surface area contributed by atoms with E-state index in [1.165, 1.54) is 29.7 Å². The van der Waals surface area contributed by atoms with Crippen LogP contribution in [0.1, 0.15) is 31.2 Å². The minimum atomic E-state index is -0.699. The number of rotatable bonds is 5. The summed E-state index contributed by atoms with van der Waals surface area (Å²) in [6, 6.07) is 8.46. The summed E-state index contributed by atoms with van der Waals surface area (Å²) in [5.74, 6) is -0.467. The summed E-state index contributed by atoms with van der Waals surface area (Å²) < 4.78 is 0. The summed E-state index contributed by atoms with van der Waals surface area (Å²) in [5.41, 5.74) is 1.32. The van der Waals surface area contributed by atoms with Gasteiger partial charge in [-0.2, -0.15) is 0 Å². The molecule has 19 heavy (non-hydrogen) atoms. The van der Waals surface area contributed by atoms with E-state index in [0.29, 0.717) is 10.5 Å². The number of aryl methyl sites for hydroxylation is 1. The quantitative estimate of drug-likeness (QED) is 0.883. The molecule has 0 bridgehead atoms. The van der Waals surface area contributed by atoms with Crippen molar-refractivity contribution in [3.8, 4) is 0 Å². The molecule has 1 aromatic rings. The van der Waals surface area contributed by atoms with Crippen LogP contribution in [0.25, 0.3) is 0 Å². The molecule has 0 aromatic heterocycles. The van der Waals surface area contributed by atoms with E-state index < -0.39 is 5.97 Å².